The molecule has 3 aliphatic rings. The lowest BCUT2D eigenvalue weighted by molar-refractivity contribution is -0.174. The van der Waals surface area contributed by atoms with E-state index < -0.39 is 22.9 Å². The van der Waals surface area contributed by atoms with Gasteiger partial charge in [0.15, 0.2) is 11.6 Å². The molecule has 5 nitrogen and oxygen atoms in total. The maximum atomic E-state index is 13.8. The van der Waals surface area contributed by atoms with Crippen LogP contribution in [-0.4, -0.2) is 45.2 Å². The van der Waals surface area contributed by atoms with Gasteiger partial charge in [-0.3, -0.25) is 9.59 Å². The Morgan fingerprint density at radius 3 is 2.41 bits per heavy atom. The number of allylic oxidation sites excluding steroid dienone is 1. The molecule has 0 bridgehead atoms. The smallest absolute Gasteiger partial charge is 0.188 e. The Bertz CT molecular complexity index is 757. The molecule has 3 N–H and O–H groups in total. The fraction of sp³-hybridized carbons (Fsp3) is 0.852. The lowest BCUT2D eigenvalue weighted by atomic mass is 9.53. The van der Waals surface area contributed by atoms with Crippen molar-refractivity contribution in [1.29, 1.82) is 0 Å². The predicted molar refractivity (Wildman–Crippen MR) is 125 cm³/mol. The van der Waals surface area contributed by atoms with Crippen molar-refractivity contribution in [2.75, 3.05) is 6.61 Å². The van der Waals surface area contributed by atoms with E-state index in [9.17, 15) is 24.9 Å². The van der Waals surface area contributed by atoms with E-state index in [2.05, 4.69) is 27.7 Å². The summed E-state index contributed by atoms with van der Waals surface area (Å²) in [6.07, 6.45) is 7.24. The van der Waals surface area contributed by atoms with Crippen LogP contribution in [0, 0.1) is 34.5 Å². The number of Topliss-reactive ketones (excluding diaryl/α,β-unsaturated/α-hetero) is 1. The molecule has 0 aromatic rings. The van der Waals surface area contributed by atoms with Gasteiger partial charge in [-0.05, 0) is 74.2 Å². The van der Waals surface area contributed by atoms with E-state index >= 15 is 0 Å². The molecule has 182 valence electrons. The lowest BCUT2D eigenvalue weighted by Crippen LogP contribution is -2.63. The predicted octanol–water partition coefficient (Wildman–Crippen LogP) is 4.22. The van der Waals surface area contributed by atoms with Gasteiger partial charge in [0.25, 0.3) is 0 Å². The third-order valence-electron chi connectivity index (χ3n) is 9.44. The second-order valence-electron chi connectivity index (χ2n) is 11.9. The van der Waals surface area contributed by atoms with Crippen LogP contribution >= 0.6 is 0 Å². The van der Waals surface area contributed by atoms with Gasteiger partial charge >= 0.3 is 0 Å². The van der Waals surface area contributed by atoms with Gasteiger partial charge in [-0.15, -0.1) is 0 Å². The number of carbonyl (C=O) groups is 2. The molecule has 2 fully saturated rings. The average Bonchev–Trinajstić information content (AvgIpc) is 3.04. The minimum Gasteiger partial charge on any atom is -0.396 e. The first-order chi connectivity index (χ1) is 14.9. The van der Waals surface area contributed by atoms with Crippen molar-refractivity contribution in [3.8, 4) is 0 Å². The minimum absolute atomic E-state index is 0.0605. The Kier molecular flexibility index (Phi) is 7.44. The van der Waals surface area contributed by atoms with Crippen molar-refractivity contribution < 1.29 is 24.9 Å². The van der Waals surface area contributed by atoms with E-state index in [1.54, 1.807) is 6.92 Å². The second kappa shape index (κ2) is 9.31. The van der Waals surface area contributed by atoms with Crippen LogP contribution in [0.15, 0.2) is 11.6 Å². The number of ketones is 2. The van der Waals surface area contributed by atoms with Crippen molar-refractivity contribution in [3.05, 3.63) is 11.6 Å². The largest absolute Gasteiger partial charge is 0.396 e. The monoisotopic (exact) mass is 448 g/mol. The van der Waals surface area contributed by atoms with Crippen LogP contribution < -0.4 is 0 Å². The molecule has 0 radical (unpaired) electrons. The molecule has 3 rings (SSSR count). The Hall–Kier alpha value is -1.04. The highest BCUT2D eigenvalue weighted by atomic mass is 16.3. The Labute approximate surface area is 193 Å². The van der Waals surface area contributed by atoms with E-state index in [0.717, 1.165) is 19.3 Å². The van der Waals surface area contributed by atoms with E-state index in [-0.39, 0.29) is 30.1 Å². The molecule has 0 aromatic carbocycles. The Morgan fingerprint density at radius 1 is 1.09 bits per heavy atom. The van der Waals surface area contributed by atoms with Crippen molar-refractivity contribution in [2.24, 2.45) is 34.5 Å². The number of hydrogen-bond acceptors (Lipinski definition) is 5. The Morgan fingerprint density at radius 2 is 1.78 bits per heavy atom. The van der Waals surface area contributed by atoms with E-state index in [1.165, 1.54) is 18.9 Å². The number of aliphatic hydroxyl groups is 3. The molecule has 7 atom stereocenters. The summed E-state index contributed by atoms with van der Waals surface area (Å²) >= 11 is 0. The zero-order valence-electron chi connectivity index (χ0n) is 20.7. The van der Waals surface area contributed by atoms with Crippen LogP contribution in [0.2, 0.25) is 0 Å². The van der Waals surface area contributed by atoms with E-state index in [0.29, 0.717) is 42.6 Å². The molecule has 0 amide bonds. The molecule has 0 aromatic heterocycles. The number of carbonyl (C=O) groups excluding carboxylic acids is 2. The van der Waals surface area contributed by atoms with Gasteiger partial charge in [0.1, 0.15) is 5.60 Å². The normalized spacial score (nSPS) is 41.0. The van der Waals surface area contributed by atoms with Crippen LogP contribution in [0.3, 0.4) is 0 Å². The fourth-order valence-electron chi connectivity index (χ4n) is 7.27. The lowest BCUT2D eigenvalue weighted by Gasteiger charge is -2.51. The quantitative estimate of drug-likeness (QED) is 0.517. The summed E-state index contributed by atoms with van der Waals surface area (Å²) in [6, 6.07) is 0. The summed E-state index contributed by atoms with van der Waals surface area (Å²) in [7, 11) is 0. The van der Waals surface area contributed by atoms with Gasteiger partial charge in [0.05, 0.1) is 11.5 Å². The van der Waals surface area contributed by atoms with E-state index in [4.69, 9.17) is 0 Å². The number of rotatable bonds is 8. The third-order valence-corrected chi connectivity index (χ3v) is 9.44. The highest BCUT2D eigenvalue weighted by Gasteiger charge is 2.63. The summed E-state index contributed by atoms with van der Waals surface area (Å²) in [5.74, 6) is 0.908. The summed E-state index contributed by atoms with van der Waals surface area (Å²) in [5, 5.41) is 31.3. The molecular weight excluding hydrogens is 404 g/mol. The number of fused-ring (bicyclic) bond motifs is 1. The van der Waals surface area contributed by atoms with Gasteiger partial charge < -0.3 is 15.3 Å². The van der Waals surface area contributed by atoms with Gasteiger partial charge in [0, 0.05) is 18.6 Å². The molecule has 0 unspecified atom stereocenters. The first kappa shape index (κ1) is 25.6. The van der Waals surface area contributed by atoms with Crippen LogP contribution in [-0.2, 0) is 9.59 Å². The summed E-state index contributed by atoms with van der Waals surface area (Å²) < 4.78 is 0. The molecule has 0 spiro atoms. The van der Waals surface area contributed by atoms with Crippen LogP contribution in [0.1, 0.15) is 92.4 Å². The molecule has 2 saturated carbocycles. The Balaban J connectivity index is 1.91. The second-order valence-corrected chi connectivity index (χ2v) is 11.9. The third kappa shape index (κ3) is 4.14. The van der Waals surface area contributed by atoms with Crippen LogP contribution in [0.4, 0.5) is 0 Å². The SMILES string of the molecule is CC(C)CCC[C@@H](C)[C@H]1CC[C@@H](C2=CC(=O)[C@@]3(O)C[C@@H](O)CC[C@]3(C)C2=O)[C@]1(C)CCO. The highest BCUT2D eigenvalue weighted by molar-refractivity contribution is 6.16. The topological polar surface area (TPSA) is 94.8 Å². The maximum absolute atomic E-state index is 13.8. The molecule has 5 heteroatoms. The molecule has 0 saturated heterocycles. The highest BCUT2D eigenvalue weighted by Crippen LogP contribution is 2.59. The van der Waals surface area contributed by atoms with Crippen molar-refractivity contribution in [2.45, 2.75) is 104 Å². The molecule has 3 aliphatic carbocycles. The van der Waals surface area contributed by atoms with E-state index in [1.807, 2.05) is 0 Å². The van der Waals surface area contributed by atoms with Gasteiger partial charge in [-0.25, -0.2) is 0 Å². The summed E-state index contributed by atoms with van der Waals surface area (Å²) in [5.41, 5.74) is -2.71. The minimum atomic E-state index is -1.82. The van der Waals surface area contributed by atoms with Crippen LogP contribution in [0.25, 0.3) is 0 Å². The molecule has 0 aliphatic heterocycles. The van der Waals surface area contributed by atoms with Gasteiger partial charge in [-0.2, -0.15) is 0 Å². The standard InChI is InChI=1S/C27H44O5/c1-17(2)7-6-8-18(3)21-9-10-22(25(21,4)13-14-28)20-15-23(30)27(32)16-19(29)11-12-26(27,5)24(20)31/h15,17-19,21-22,28-29,32H,6-14,16H2,1-5H3/t18-,19+,21-,22+,25-,26-,27+/m1/s1. The first-order valence-corrected chi connectivity index (χ1v) is 12.7. The van der Waals surface area contributed by atoms with Crippen molar-refractivity contribution >= 4 is 11.6 Å². The summed E-state index contributed by atoms with van der Waals surface area (Å²) in [4.78, 5) is 27.0. The van der Waals surface area contributed by atoms with Crippen LogP contribution in [0.5, 0.6) is 0 Å². The van der Waals surface area contributed by atoms with Gasteiger partial charge in [0.2, 0.25) is 0 Å². The average molecular weight is 449 g/mol. The fourth-order valence-corrected chi connectivity index (χ4v) is 7.27. The zero-order chi connectivity index (χ0) is 23.9. The molecular formula is C27H44O5. The molecule has 0 heterocycles. The number of aliphatic hydroxyl groups excluding tert-OH is 2. The summed E-state index contributed by atoms with van der Waals surface area (Å²) in [6.45, 7) is 10.7. The van der Waals surface area contributed by atoms with Crippen molar-refractivity contribution in [1.82, 2.24) is 0 Å². The number of hydrogen-bond donors (Lipinski definition) is 3. The molecule has 32 heavy (non-hydrogen) atoms. The first-order valence-electron chi connectivity index (χ1n) is 12.7. The maximum Gasteiger partial charge on any atom is 0.188 e. The van der Waals surface area contributed by atoms with Crippen molar-refractivity contribution in [3.63, 3.8) is 0 Å². The zero-order valence-corrected chi connectivity index (χ0v) is 20.7. The van der Waals surface area contributed by atoms with Gasteiger partial charge in [-0.1, -0.05) is 47.0 Å².